The van der Waals surface area contributed by atoms with Crippen LogP contribution in [0.5, 0.6) is 5.75 Å². The van der Waals surface area contributed by atoms with Crippen molar-refractivity contribution in [1.82, 2.24) is 0 Å². The highest BCUT2D eigenvalue weighted by molar-refractivity contribution is 6.31. The van der Waals surface area contributed by atoms with Gasteiger partial charge in [0.2, 0.25) is 0 Å². The Morgan fingerprint density at radius 3 is 2.47 bits per heavy atom. The summed E-state index contributed by atoms with van der Waals surface area (Å²) in [6.45, 7) is 0. The summed E-state index contributed by atoms with van der Waals surface area (Å²) >= 11 is 11.8. The summed E-state index contributed by atoms with van der Waals surface area (Å²) < 4.78 is 32.6. The Balaban J connectivity index is 2.44. The molecule has 0 aliphatic heterocycles. The van der Waals surface area contributed by atoms with Crippen LogP contribution in [-0.2, 0) is 0 Å². The standard InChI is InChI=1S/C14H10Cl2F2O/c1-19-8-5-6-9(12(17)7-8)13(16)10-3-2-4-11(15)14(10)18/h2-7,13H,1H3. The van der Waals surface area contributed by atoms with Gasteiger partial charge in [0, 0.05) is 17.2 Å². The molecule has 0 amide bonds. The summed E-state index contributed by atoms with van der Waals surface area (Å²) in [5.41, 5.74) is 0.307. The van der Waals surface area contributed by atoms with Crippen LogP contribution in [0, 0.1) is 11.6 Å². The number of ether oxygens (including phenoxy) is 1. The highest BCUT2D eigenvalue weighted by Crippen LogP contribution is 2.35. The molecule has 19 heavy (non-hydrogen) atoms. The number of hydrogen-bond donors (Lipinski definition) is 0. The van der Waals surface area contributed by atoms with E-state index in [2.05, 4.69) is 0 Å². The van der Waals surface area contributed by atoms with Crippen molar-refractivity contribution < 1.29 is 13.5 Å². The first kappa shape index (κ1) is 14.1. The van der Waals surface area contributed by atoms with Crippen molar-refractivity contribution in [3.63, 3.8) is 0 Å². The summed E-state index contributed by atoms with van der Waals surface area (Å²) in [5, 5.41) is -0.998. The summed E-state index contributed by atoms with van der Waals surface area (Å²) in [7, 11) is 1.43. The van der Waals surface area contributed by atoms with Crippen LogP contribution < -0.4 is 4.74 Å². The third-order valence-corrected chi connectivity index (χ3v) is 3.50. The number of methoxy groups -OCH3 is 1. The van der Waals surface area contributed by atoms with Gasteiger partial charge in [0.15, 0.2) is 0 Å². The molecule has 100 valence electrons. The zero-order valence-corrected chi connectivity index (χ0v) is 11.5. The van der Waals surface area contributed by atoms with E-state index >= 15 is 0 Å². The number of alkyl halides is 1. The topological polar surface area (TPSA) is 9.23 Å². The van der Waals surface area contributed by atoms with Crippen LogP contribution >= 0.6 is 23.2 Å². The monoisotopic (exact) mass is 302 g/mol. The number of rotatable bonds is 3. The van der Waals surface area contributed by atoms with E-state index in [1.165, 1.54) is 31.4 Å². The van der Waals surface area contributed by atoms with Crippen LogP contribution in [0.1, 0.15) is 16.5 Å². The number of hydrogen-bond acceptors (Lipinski definition) is 1. The normalized spacial score (nSPS) is 12.3. The van der Waals surface area contributed by atoms with Crippen molar-refractivity contribution in [1.29, 1.82) is 0 Å². The predicted octanol–water partition coefficient (Wildman–Crippen LogP) is 4.96. The van der Waals surface area contributed by atoms with Gasteiger partial charge in [0.25, 0.3) is 0 Å². The number of benzene rings is 2. The van der Waals surface area contributed by atoms with Gasteiger partial charge in [0.05, 0.1) is 17.5 Å². The van der Waals surface area contributed by atoms with Gasteiger partial charge in [-0.05, 0) is 12.1 Å². The Hall–Kier alpha value is -1.32. The molecule has 1 atom stereocenters. The zero-order chi connectivity index (χ0) is 14.0. The maximum Gasteiger partial charge on any atom is 0.146 e. The second-order valence-electron chi connectivity index (χ2n) is 3.89. The van der Waals surface area contributed by atoms with E-state index in [0.29, 0.717) is 5.75 Å². The van der Waals surface area contributed by atoms with Crippen LogP contribution in [0.2, 0.25) is 5.02 Å². The predicted molar refractivity (Wildman–Crippen MR) is 72.1 cm³/mol. The van der Waals surface area contributed by atoms with Gasteiger partial charge in [-0.3, -0.25) is 0 Å². The van der Waals surface area contributed by atoms with Gasteiger partial charge in [0.1, 0.15) is 17.4 Å². The maximum absolute atomic E-state index is 13.9. The molecule has 1 unspecified atom stereocenters. The average molecular weight is 303 g/mol. The molecule has 1 nitrogen and oxygen atoms in total. The fourth-order valence-electron chi connectivity index (χ4n) is 1.72. The van der Waals surface area contributed by atoms with Crippen molar-refractivity contribution in [3.05, 3.63) is 64.2 Å². The summed E-state index contributed by atoms with van der Waals surface area (Å²) in [6.07, 6.45) is 0. The molecule has 0 radical (unpaired) electrons. The fraction of sp³-hybridized carbons (Fsp3) is 0.143. The van der Waals surface area contributed by atoms with Gasteiger partial charge in [-0.25, -0.2) is 8.78 Å². The van der Waals surface area contributed by atoms with E-state index in [0.717, 1.165) is 0 Å². The summed E-state index contributed by atoms with van der Waals surface area (Å²) in [4.78, 5) is 0. The largest absolute Gasteiger partial charge is 0.497 e. The van der Waals surface area contributed by atoms with E-state index in [4.69, 9.17) is 27.9 Å². The first-order chi connectivity index (χ1) is 9.04. The van der Waals surface area contributed by atoms with Gasteiger partial charge in [-0.1, -0.05) is 29.8 Å². The lowest BCUT2D eigenvalue weighted by atomic mass is 10.0. The van der Waals surface area contributed by atoms with Crippen LogP contribution in [-0.4, -0.2) is 7.11 Å². The Kier molecular flexibility index (Phi) is 4.27. The van der Waals surface area contributed by atoms with E-state index in [9.17, 15) is 8.78 Å². The van der Waals surface area contributed by atoms with Gasteiger partial charge < -0.3 is 4.74 Å². The molecule has 0 saturated carbocycles. The minimum Gasteiger partial charge on any atom is -0.497 e. The quantitative estimate of drug-likeness (QED) is 0.729. The zero-order valence-electron chi connectivity index (χ0n) is 9.96. The molecule has 0 fully saturated rings. The second kappa shape index (κ2) is 5.76. The third kappa shape index (κ3) is 2.82. The molecular formula is C14H10Cl2F2O. The van der Waals surface area contributed by atoms with Gasteiger partial charge >= 0.3 is 0 Å². The minimum atomic E-state index is -0.954. The van der Waals surface area contributed by atoms with Crippen LogP contribution in [0.15, 0.2) is 36.4 Å². The molecule has 2 aromatic rings. The van der Waals surface area contributed by atoms with Crippen molar-refractivity contribution >= 4 is 23.2 Å². The minimum absolute atomic E-state index is 0.0444. The molecular weight excluding hydrogens is 293 g/mol. The van der Waals surface area contributed by atoms with Crippen molar-refractivity contribution in [2.45, 2.75) is 5.38 Å². The van der Waals surface area contributed by atoms with Crippen molar-refractivity contribution in [3.8, 4) is 5.75 Å². The average Bonchev–Trinajstić information content (AvgIpc) is 2.41. The van der Waals surface area contributed by atoms with E-state index in [1.807, 2.05) is 0 Å². The van der Waals surface area contributed by atoms with Gasteiger partial charge in [-0.15, -0.1) is 11.6 Å². The molecule has 0 N–H and O–H groups in total. The SMILES string of the molecule is COc1ccc(C(Cl)c2cccc(Cl)c2F)c(F)c1. The molecule has 0 bridgehead atoms. The molecule has 2 rings (SSSR count). The molecule has 0 aromatic heterocycles. The van der Waals surface area contributed by atoms with Crippen molar-refractivity contribution in [2.24, 2.45) is 0 Å². The molecule has 0 saturated heterocycles. The first-order valence-corrected chi connectivity index (χ1v) is 6.27. The fourth-order valence-corrected chi connectivity index (χ4v) is 2.25. The molecule has 2 aromatic carbocycles. The van der Waals surface area contributed by atoms with Crippen LogP contribution in [0.4, 0.5) is 8.78 Å². The molecule has 0 spiro atoms. The van der Waals surface area contributed by atoms with E-state index < -0.39 is 17.0 Å². The summed E-state index contributed by atoms with van der Waals surface area (Å²) in [5.74, 6) is -0.824. The van der Waals surface area contributed by atoms with E-state index in [-0.39, 0.29) is 16.1 Å². The van der Waals surface area contributed by atoms with E-state index in [1.54, 1.807) is 12.1 Å². The molecule has 0 heterocycles. The Morgan fingerprint density at radius 2 is 1.84 bits per heavy atom. The lowest BCUT2D eigenvalue weighted by Crippen LogP contribution is -2.01. The Bertz CT molecular complexity index is 602. The second-order valence-corrected chi connectivity index (χ2v) is 4.74. The van der Waals surface area contributed by atoms with Gasteiger partial charge in [-0.2, -0.15) is 0 Å². The molecule has 0 aliphatic rings. The lowest BCUT2D eigenvalue weighted by molar-refractivity contribution is 0.410. The molecule has 5 heteroatoms. The van der Waals surface area contributed by atoms with Crippen LogP contribution in [0.3, 0.4) is 0 Å². The highest BCUT2D eigenvalue weighted by atomic mass is 35.5. The number of halogens is 4. The first-order valence-electron chi connectivity index (χ1n) is 5.46. The third-order valence-electron chi connectivity index (χ3n) is 2.74. The van der Waals surface area contributed by atoms with Crippen LogP contribution in [0.25, 0.3) is 0 Å². The summed E-state index contributed by atoms with van der Waals surface area (Å²) in [6, 6.07) is 8.68. The maximum atomic E-state index is 13.9. The Labute approximate surface area is 119 Å². The highest BCUT2D eigenvalue weighted by Gasteiger charge is 2.20. The van der Waals surface area contributed by atoms with Crippen molar-refractivity contribution in [2.75, 3.05) is 7.11 Å². The molecule has 0 aliphatic carbocycles. The Morgan fingerprint density at radius 1 is 1.11 bits per heavy atom. The lowest BCUT2D eigenvalue weighted by Gasteiger charge is -2.13. The smallest absolute Gasteiger partial charge is 0.146 e.